The minimum absolute atomic E-state index is 0.0642. The number of carbonyl (C=O) groups excluding carboxylic acids is 1. The summed E-state index contributed by atoms with van der Waals surface area (Å²) in [6, 6.07) is 0. The summed E-state index contributed by atoms with van der Waals surface area (Å²) >= 11 is 0. The first-order valence-corrected chi connectivity index (χ1v) is 6.83. The first kappa shape index (κ1) is 17.6. The number of hydrogen-bond donors (Lipinski definition) is 0. The summed E-state index contributed by atoms with van der Waals surface area (Å²) in [7, 11) is 0. The van der Waals surface area contributed by atoms with E-state index in [9.17, 15) is 4.79 Å². The fraction of sp³-hybridized carbons (Fsp3) is 0.929. The van der Waals surface area contributed by atoms with Gasteiger partial charge in [-0.05, 0) is 26.7 Å². The van der Waals surface area contributed by atoms with E-state index in [1.807, 2.05) is 27.7 Å². The zero-order valence-corrected chi connectivity index (χ0v) is 12.2. The summed E-state index contributed by atoms with van der Waals surface area (Å²) in [4.78, 5) is 11.2. The molecule has 0 heterocycles. The van der Waals surface area contributed by atoms with Crippen LogP contribution in [0.25, 0.3) is 0 Å². The number of hydrogen-bond acceptors (Lipinski definition) is 4. The van der Waals surface area contributed by atoms with Gasteiger partial charge in [0.2, 0.25) is 0 Å². The van der Waals surface area contributed by atoms with Crippen LogP contribution >= 0.6 is 0 Å². The lowest BCUT2D eigenvalue weighted by atomic mass is 10.1. The molecule has 0 rings (SSSR count). The topological polar surface area (TPSA) is 44.8 Å². The van der Waals surface area contributed by atoms with E-state index in [2.05, 4.69) is 0 Å². The maximum atomic E-state index is 11.2. The average Bonchev–Trinajstić information content (AvgIpc) is 2.30. The molecule has 0 bridgehead atoms. The van der Waals surface area contributed by atoms with Gasteiger partial charge in [0, 0.05) is 19.1 Å². The largest absolute Gasteiger partial charge is 0.379 e. The smallest absolute Gasteiger partial charge is 0.160 e. The maximum absolute atomic E-state index is 11.2. The monoisotopic (exact) mass is 260 g/mol. The number of ether oxygens (including phenoxy) is 3. The molecule has 18 heavy (non-hydrogen) atoms. The molecule has 0 aromatic carbocycles. The number of ketones is 1. The highest BCUT2D eigenvalue weighted by Crippen LogP contribution is 1.97. The quantitative estimate of drug-likeness (QED) is 0.506. The highest BCUT2D eigenvalue weighted by molar-refractivity contribution is 5.81. The zero-order chi connectivity index (χ0) is 13.8. The zero-order valence-electron chi connectivity index (χ0n) is 12.2. The lowest BCUT2D eigenvalue weighted by molar-refractivity contribution is -0.126. The molecule has 0 radical (unpaired) electrons. The van der Waals surface area contributed by atoms with Gasteiger partial charge in [-0.15, -0.1) is 0 Å². The van der Waals surface area contributed by atoms with E-state index in [4.69, 9.17) is 14.2 Å². The van der Waals surface area contributed by atoms with Crippen molar-refractivity contribution in [2.45, 2.75) is 46.6 Å². The molecule has 0 amide bonds. The van der Waals surface area contributed by atoms with Crippen molar-refractivity contribution >= 4 is 5.78 Å². The Hall–Kier alpha value is -0.450. The van der Waals surface area contributed by atoms with E-state index >= 15 is 0 Å². The van der Waals surface area contributed by atoms with Crippen LogP contribution in [0.15, 0.2) is 0 Å². The molecule has 0 unspecified atom stereocenters. The second-order valence-corrected chi connectivity index (χ2v) is 4.91. The summed E-state index contributed by atoms with van der Waals surface area (Å²) in [5.41, 5.74) is 0. The van der Waals surface area contributed by atoms with Crippen LogP contribution in [0.2, 0.25) is 0 Å². The molecule has 0 aliphatic heterocycles. The molecular weight excluding hydrogens is 232 g/mol. The summed E-state index contributed by atoms with van der Waals surface area (Å²) in [6.45, 7) is 10.7. The molecule has 0 fully saturated rings. The molecule has 0 saturated carbocycles. The Morgan fingerprint density at radius 3 is 2.06 bits per heavy atom. The third-order valence-corrected chi connectivity index (χ3v) is 2.39. The van der Waals surface area contributed by atoms with Crippen molar-refractivity contribution in [2.24, 2.45) is 5.92 Å². The Bertz CT molecular complexity index is 202. The van der Waals surface area contributed by atoms with Gasteiger partial charge in [0.1, 0.15) is 6.61 Å². The number of unbranched alkanes of at least 4 members (excludes halogenated alkanes) is 1. The van der Waals surface area contributed by atoms with Gasteiger partial charge in [0.05, 0.1) is 19.3 Å². The van der Waals surface area contributed by atoms with Crippen molar-refractivity contribution in [2.75, 3.05) is 33.0 Å². The van der Waals surface area contributed by atoms with E-state index in [0.29, 0.717) is 19.8 Å². The lowest BCUT2D eigenvalue weighted by Crippen LogP contribution is -2.15. The van der Waals surface area contributed by atoms with Gasteiger partial charge < -0.3 is 14.2 Å². The molecule has 0 N–H and O–H groups in total. The molecular formula is C14H28O4. The molecule has 0 saturated heterocycles. The van der Waals surface area contributed by atoms with Gasteiger partial charge in [-0.3, -0.25) is 4.79 Å². The van der Waals surface area contributed by atoms with Crippen molar-refractivity contribution in [3.8, 4) is 0 Å². The first-order valence-electron chi connectivity index (χ1n) is 6.83. The second-order valence-electron chi connectivity index (χ2n) is 4.91. The molecule has 0 atom stereocenters. The van der Waals surface area contributed by atoms with Crippen LogP contribution in [0.3, 0.4) is 0 Å². The van der Waals surface area contributed by atoms with E-state index in [0.717, 1.165) is 19.4 Å². The molecule has 0 aliphatic rings. The maximum Gasteiger partial charge on any atom is 0.160 e. The summed E-state index contributed by atoms with van der Waals surface area (Å²) in [5.74, 6) is 0.228. The molecule has 0 aromatic rings. The van der Waals surface area contributed by atoms with E-state index in [1.54, 1.807) is 0 Å². The summed E-state index contributed by atoms with van der Waals surface area (Å²) < 4.78 is 16.0. The number of carbonyl (C=O) groups is 1. The Labute approximate surface area is 111 Å². The van der Waals surface area contributed by atoms with Crippen LogP contribution in [-0.2, 0) is 19.0 Å². The summed E-state index contributed by atoms with van der Waals surface area (Å²) in [6.07, 6.45) is 2.15. The Morgan fingerprint density at radius 2 is 1.50 bits per heavy atom. The van der Waals surface area contributed by atoms with Crippen molar-refractivity contribution < 1.29 is 19.0 Å². The van der Waals surface area contributed by atoms with Gasteiger partial charge >= 0.3 is 0 Å². The molecule has 4 heteroatoms. The standard InChI is InChI=1S/C14H28O4/c1-12(2)14(15)11-17-8-6-5-7-16-9-10-18-13(3)4/h12-13H,5-11H2,1-4H3. The molecule has 4 nitrogen and oxygen atoms in total. The fourth-order valence-electron chi connectivity index (χ4n) is 1.19. The van der Waals surface area contributed by atoms with Crippen molar-refractivity contribution in [3.63, 3.8) is 0 Å². The van der Waals surface area contributed by atoms with Gasteiger partial charge in [-0.2, -0.15) is 0 Å². The number of Topliss-reactive ketones (excluding diaryl/α,β-unsaturated/α-hetero) is 1. The van der Waals surface area contributed by atoms with Gasteiger partial charge in [0.25, 0.3) is 0 Å². The predicted molar refractivity (Wildman–Crippen MR) is 71.8 cm³/mol. The van der Waals surface area contributed by atoms with Crippen molar-refractivity contribution in [3.05, 3.63) is 0 Å². The highest BCUT2D eigenvalue weighted by Gasteiger charge is 2.06. The second kappa shape index (κ2) is 11.6. The molecule has 0 aromatic heterocycles. The molecule has 108 valence electrons. The van der Waals surface area contributed by atoms with Crippen molar-refractivity contribution in [1.29, 1.82) is 0 Å². The SMILES string of the molecule is CC(C)OCCOCCCCOCC(=O)C(C)C. The van der Waals surface area contributed by atoms with Crippen LogP contribution in [-0.4, -0.2) is 44.9 Å². The third kappa shape index (κ3) is 12.0. The Morgan fingerprint density at radius 1 is 0.889 bits per heavy atom. The van der Waals surface area contributed by atoms with Gasteiger partial charge in [-0.25, -0.2) is 0 Å². The lowest BCUT2D eigenvalue weighted by Gasteiger charge is -2.08. The van der Waals surface area contributed by atoms with Crippen LogP contribution in [0.4, 0.5) is 0 Å². The van der Waals surface area contributed by atoms with Crippen LogP contribution < -0.4 is 0 Å². The number of rotatable bonds is 12. The predicted octanol–water partition coefficient (Wildman–Crippen LogP) is 2.45. The molecule has 0 aliphatic carbocycles. The normalized spacial score (nSPS) is 11.4. The highest BCUT2D eigenvalue weighted by atomic mass is 16.5. The van der Waals surface area contributed by atoms with E-state index in [-0.39, 0.29) is 24.4 Å². The van der Waals surface area contributed by atoms with Crippen LogP contribution in [0.5, 0.6) is 0 Å². The Balaban J connectivity index is 3.10. The van der Waals surface area contributed by atoms with Crippen LogP contribution in [0, 0.1) is 5.92 Å². The van der Waals surface area contributed by atoms with Gasteiger partial charge in [0.15, 0.2) is 5.78 Å². The average molecular weight is 260 g/mol. The van der Waals surface area contributed by atoms with E-state index in [1.165, 1.54) is 0 Å². The minimum Gasteiger partial charge on any atom is -0.379 e. The minimum atomic E-state index is 0.0642. The first-order chi connectivity index (χ1) is 8.54. The van der Waals surface area contributed by atoms with Crippen LogP contribution in [0.1, 0.15) is 40.5 Å². The third-order valence-electron chi connectivity index (χ3n) is 2.39. The van der Waals surface area contributed by atoms with Crippen molar-refractivity contribution in [1.82, 2.24) is 0 Å². The van der Waals surface area contributed by atoms with Gasteiger partial charge in [-0.1, -0.05) is 13.8 Å². The van der Waals surface area contributed by atoms with E-state index < -0.39 is 0 Å². The molecule has 0 spiro atoms. The fourth-order valence-corrected chi connectivity index (χ4v) is 1.19. The Kier molecular flexibility index (Phi) is 11.3. The summed E-state index contributed by atoms with van der Waals surface area (Å²) in [5, 5.41) is 0.